The maximum absolute atomic E-state index is 13.2. The highest BCUT2D eigenvalue weighted by atomic mass is 35.5. The maximum Gasteiger partial charge on any atom is 0.308 e. The van der Waals surface area contributed by atoms with Gasteiger partial charge in [0.1, 0.15) is 28.2 Å². The number of aryl methyl sites for hydroxylation is 1. The predicted molar refractivity (Wildman–Crippen MR) is 100 cm³/mol. The standard InChI is InChI=1S/C20H15ClO6/c1-10-18(14-6-4-5-7-15(14)21)20(24)19-16(25-10)8-13(26-11(2)22)9-17(19)27-12(3)23/h4-9H,1-3H3. The van der Waals surface area contributed by atoms with E-state index in [2.05, 4.69) is 0 Å². The molecule has 27 heavy (non-hydrogen) atoms. The van der Waals surface area contributed by atoms with E-state index in [0.717, 1.165) is 0 Å². The largest absolute Gasteiger partial charge is 0.460 e. The molecule has 138 valence electrons. The molecule has 2 aromatic carbocycles. The van der Waals surface area contributed by atoms with Crippen LogP contribution in [0, 0.1) is 6.92 Å². The van der Waals surface area contributed by atoms with E-state index in [0.29, 0.717) is 16.3 Å². The number of benzene rings is 2. The van der Waals surface area contributed by atoms with Crippen LogP contribution in [0.3, 0.4) is 0 Å². The van der Waals surface area contributed by atoms with Gasteiger partial charge >= 0.3 is 11.9 Å². The summed E-state index contributed by atoms with van der Waals surface area (Å²) in [6.07, 6.45) is 0. The van der Waals surface area contributed by atoms with Gasteiger partial charge < -0.3 is 13.9 Å². The first-order valence-electron chi connectivity index (χ1n) is 8.01. The van der Waals surface area contributed by atoms with E-state index in [1.54, 1.807) is 31.2 Å². The molecular weight excluding hydrogens is 372 g/mol. The van der Waals surface area contributed by atoms with Crippen molar-refractivity contribution in [3.63, 3.8) is 0 Å². The molecule has 0 saturated heterocycles. The molecule has 7 heteroatoms. The molecule has 0 aliphatic carbocycles. The minimum atomic E-state index is -0.629. The third-order valence-corrected chi connectivity index (χ3v) is 4.10. The minimum Gasteiger partial charge on any atom is -0.460 e. The summed E-state index contributed by atoms with van der Waals surface area (Å²) < 4.78 is 16.0. The third kappa shape index (κ3) is 3.71. The third-order valence-electron chi connectivity index (χ3n) is 3.77. The van der Waals surface area contributed by atoms with E-state index >= 15 is 0 Å². The smallest absolute Gasteiger partial charge is 0.308 e. The quantitative estimate of drug-likeness (QED) is 0.493. The number of carbonyl (C=O) groups excluding carboxylic acids is 2. The fourth-order valence-corrected chi connectivity index (χ4v) is 3.04. The first-order valence-corrected chi connectivity index (χ1v) is 8.39. The lowest BCUT2D eigenvalue weighted by Crippen LogP contribution is -2.12. The summed E-state index contributed by atoms with van der Waals surface area (Å²) >= 11 is 6.24. The lowest BCUT2D eigenvalue weighted by atomic mass is 10.0. The Kier molecular flexibility index (Phi) is 5.01. The summed E-state index contributed by atoms with van der Waals surface area (Å²) in [5.74, 6) is -0.822. The molecule has 0 saturated carbocycles. The second-order valence-corrected chi connectivity index (χ2v) is 6.23. The highest BCUT2D eigenvalue weighted by molar-refractivity contribution is 6.33. The number of hydrogen-bond acceptors (Lipinski definition) is 6. The zero-order valence-electron chi connectivity index (χ0n) is 14.8. The molecular formula is C20H15ClO6. The van der Waals surface area contributed by atoms with Gasteiger partial charge in [0, 0.05) is 36.6 Å². The van der Waals surface area contributed by atoms with Crippen molar-refractivity contribution < 1.29 is 23.5 Å². The van der Waals surface area contributed by atoms with E-state index in [4.69, 9.17) is 25.5 Å². The average Bonchev–Trinajstić information content (AvgIpc) is 2.54. The predicted octanol–water partition coefficient (Wildman–Crippen LogP) is 4.27. The molecule has 0 aliphatic rings. The number of halogens is 1. The van der Waals surface area contributed by atoms with E-state index in [9.17, 15) is 14.4 Å². The van der Waals surface area contributed by atoms with Crippen LogP contribution < -0.4 is 14.9 Å². The van der Waals surface area contributed by atoms with Gasteiger partial charge in [-0.15, -0.1) is 0 Å². The topological polar surface area (TPSA) is 82.8 Å². The van der Waals surface area contributed by atoms with Crippen molar-refractivity contribution in [2.24, 2.45) is 0 Å². The van der Waals surface area contributed by atoms with E-state index in [1.165, 1.54) is 26.0 Å². The Morgan fingerprint density at radius 2 is 1.70 bits per heavy atom. The number of rotatable bonds is 3. The van der Waals surface area contributed by atoms with Crippen molar-refractivity contribution in [1.29, 1.82) is 0 Å². The molecule has 0 fully saturated rings. The van der Waals surface area contributed by atoms with Crippen LogP contribution in [0.15, 0.2) is 45.6 Å². The van der Waals surface area contributed by atoms with Gasteiger partial charge in [-0.2, -0.15) is 0 Å². The Morgan fingerprint density at radius 3 is 2.33 bits per heavy atom. The number of esters is 2. The summed E-state index contributed by atoms with van der Waals surface area (Å²) in [6.45, 7) is 4.07. The Labute approximate surface area is 159 Å². The van der Waals surface area contributed by atoms with E-state index in [1.807, 2.05) is 0 Å². The normalized spacial score (nSPS) is 10.7. The van der Waals surface area contributed by atoms with Crippen molar-refractivity contribution in [1.82, 2.24) is 0 Å². The molecule has 3 aromatic rings. The van der Waals surface area contributed by atoms with Crippen LogP contribution in [0.25, 0.3) is 22.1 Å². The second kappa shape index (κ2) is 7.25. The average molecular weight is 387 g/mol. The Balaban J connectivity index is 2.37. The van der Waals surface area contributed by atoms with Crippen LogP contribution in [0.2, 0.25) is 5.02 Å². The second-order valence-electron chi connectivity index (χ2n) is 5.82. The lowest BCUT2D eigenvalue weighted by molar-refractivity contribution is -0.132. The molecule has 0 amide bonds. The van der Waals surface area contributed by atoms with Crippen molar-refractivity contribution in [3.8, 4) is 22.6 Å². The van der Waals surface area contributed by atoms with Crippen LogP contribution in [0.1, 0.15) is 19.6 Å². The van der Waals surface area contributed by atoms with Crippen LogP contribution in [-0.4, -0.2) is 11.9 Å². The molecule has 3 rings (SSSR count). The number of ether oxygens (including phenoxy) is 2. The molecule has 0 N–H and O–H groups in total. The summed E-state index contributed by atoms with van der Waals surface area (Å²) in [5.41, 5.74) is 0.489. The fourth-order valence-electron chi connectivity index (χ4n) is 2.81. The summed E-state index contributed by atoms with van der Waals surface area (Å²) in [5, 5.41) is 0.444. The molecule has 0 aliphatic heterocycles. The van der Waals surface area contributed by atoms with Gasteiger partial charge in [0.2, 0.25) is 5.43 Å². The Bertz CT molecular complexity index is 1130. The summed E-state index contributed by atoms with van der Waals surface area (Å²) in [6, 6.07) is 9.56. The van der Waals surface area contributed by atoms with E-state index in [-0.39, 0.29) is 28.0 Å². The zero-order chi connectivity index (χ0) is 19.7. The van der Waals surface area contributed by atoms with Gasteiger partial charge in [-0.3, -0.25) is 14.4 Å². The lowest BCUT2D eigenvalue weighted by Gasteiger charge is -2.12. The van der Waals surface area contributed by atoms with Crippen LogP contribution >= 0.6 is 11.6 Å². The monoisotopic (exact) mass is 386 g/mol. The number of fused-ring (bicyclic) bond motifs is 1. The van der Waals surface area contributed by atoms with Gasteiger partial charge in [0.15, 0.2) is 0 Å². The van der Waals surface area contributed by atoms with Gasteiger partial charge in [-0.05, 0) is 13.0 Å². The molecule has 6 nitrogen and oxygen atoms in total. The van der Waals surface area contributed by atoms with Crippen LogP contribution in [0.4, 0.5) is 0 Å². The van der Waals surface area contributed by atoms with Crippen molar-refractivity contribution in [3.05, 3.63) is 57.4 Å². The summed E-state index contributed by atoms with van der Waals surface area (Å²) in [7, 11) is 0. The molecule has 0 bridgehead atoms. The molecule has 1 heterocycles. The number of carbonyl (C=O) groups is 2. The Hall–Kier alpha value is -3.12. The van der Waals surface area contributed by atoms with Gasteiger partial charge in [-0.1, -0.05) is 29.8 Å². The fraction of sp³-hybridized carbons (Fsp3) is 0.150. The highest BCUT2D eigenvalue weighted by Crippen LogP contribution is 2.35. The highest BCUT2D eigenvalue weighted by Gasteiger charge is 2.21. The molecule has 0 atom stereocenters. The van der Waals surface area contributed by atoms with Gasteiger partial charge in [-0.25, -0.2) is 0 Å². The van der Waals surface area contributed by atoms with Crippen LogP contribution in [0.5, 0.6) is 11.5 Å². The first kappa shape index (κ1) is 18.7. The van der Waals surface area contributed by atoms with E-state index < -0.39 is 17.4 Å². The van der Waals surface area contributed by atoms with Crippen molar-refractivity contribution in [2.75, 3.05) is 0 Å². The molecule has 0 unspecified atom stereocenters. The molecule has 0 spiro atoms. The summed E-state index contributed by atoms with van der Waals surface area (Å²) in [4.78, 5) is 36.0. The zero-order valence-corrected chi connectivity index (χ0v) is 15.5. The molecule has 0 radical (unpaired) electrons. The SMILES string of the molecule is CC(=O)Oc1cc(OC(C)=O)c2c(=O)c(-c3ccccc3Cl)c(C)oc2c1. The number of hydrogen-bond donors (Lipinski definition) is 0. The van der Waals surface area contributed by atoms with Crippen molar-refractivity contribution in [2.45, 2.75) is 20.8 Å². The minimum absolute atomic E-state index is 0.0571. The van der Waals surface area contributed by atoms with Crippen molar-refractivity contribution >= 4 is 34.5 Å². The Morgan fingerprint density at radius 1 is 1.04 bits per heavy atom. The van der Waals surface area contributed by atoms with Gasteiger partial charge in [0.25, 0.3) is 0 Å². The maximum atomic E-state index is 13.2. The van der Waals surface area contributed by atoms with Crippen LogP contribution in [-0.2, 0) is 9.59 Å². The first-order chi connectivity index (χ1) is 12.8. The molecule has 1 aromatic heterocycles. The van der Waals surface area contributed by atoms with Gasteiger partial charge in [0.05, 0.1) is 5.56 Å².